The van der Waals surface area contributed by atoms with Crippen molar-refractivity contribution in [2.45, 2.75) is 39.5 Å². The molecule has 5 aromatic rings. The fourth-order valence-electron chi connectivity index (χ4n) is 4.42. The molecule has 0 saturated carbocycles. The van der Waals surface area contributed by atoms with Gasteiger partial charge in [0.05, 0.1) is 0 Å². The van der Waals surface area contributed by atoms with Crippen LogP contribution >= 0.6 is 0 Å². The van der Waals surface area contributed by atoms with Crippen LogP contribution in [0, 0.1) is 0 Å². The molecule has 0 radical (unpaired) electrons. The fraction of sp³-hybridized carbons (Fsp3) is 0.200. The molecule has 0 bridgehead atoms. The Morgan fingerprint density at radius 2 is 1.03 bits per heavy atom. The first-order chi connectivity index (χ1) is 16.6. The van der Waals surface area contributed by atoms with Gasteiger partial charge in [0.2, 0.25) is 0 Å². The zero-order valence-corrected chi connectivity index (χ0v) is 19.4. The number of carbonyl (C=O) groups excluding carboxylic acids is 2. The summed E-state index contributed by atoms with van der Waals surface area (Å²) < 4.78 is 12.2. The number of rotatable bonds is 8. The lowest BCUT2D eigenvalue weighted by molar-refractivity contribution is 0.0971. The third kappa shape index (κ3) is 3.96. The molecule has 5 rings (SSSR count). The Morgan fingerprint density at radius 3 is 1.41 bits per heavy atom. The summed E-state index contributed by atoms with van der Waals surface area (Å²) in [4.78, 5) is 26.5. The lowest BCUT2D eigenvalue weighted by Crippen LogP contribution is -2.07. The molecular weight excluding hydrogens is 424 g/mol. The smallest absolute Gasteiger partial charge is 0.163 e. The van der Waals surface area contributed by atoms with Gasteiger partial charge >= 0.3 is 0 Å². The van der Waals surface area contributed by atoms with Gasteiger partial charge in [-0.25, -0.2) is 0 Å². The third-order valence-electron chi connectivity index (χ3n) is 6.09. The molecule has 0 aliphatic rings. The molecule has 0 amide bonds. The summed E-state index contributed by atoms with van der Waals surface area (Å²) in [6.07, 6.45) is 2.29. The van der Waals surface area contributed by atoms with Gasteiger partial charge in [-0.15, -0.1) is 0 Å². The summed E-state index contributed by atoms with van der Waals surface area (Å²) in [5, 5.41) is 1.91. The predicted octanol–water partition coefficient (Wildman–Crippen LogP) is 8.48. The number of ketones is 2. The van der Waals surface area contributed by atoms with E-state index in [9.17, 15) is 9.59 Å². The average molecular weight is 451 g/mol. The Balaban J connectivity index is 1.77. The van der Waals surface area contributed by atoms with Crippen LogP contribution < -0.4 is 0 Å². The molecule has 0 aliphatic carbocycles. The fourth-order valence-corrected chi connectivity index (χ4v) is 4.42. The van der Waals surface area contributed by atoms with E-state index in [1.165, 1.54) is 0 Å². The van der Waals surface area contributed by atoms with Crippen LogP contribution in [0.2, 0.25) is 0 Å². The molecule has 0 saturated heterocycles. The standard InChI is InChI=1S/C30H26O4/c1-3-9-25(31)21-17-24(30-16-20-12-6-8-14-28(20)34-30)22(26(32)10-4-2)18-23(21)29-15-19-11-5-7-13-27(19)33-29/h5-8,11-18H,3-4,9-10H2,1-2H3. The van der Waals surface area contributed by atoms with Crippen molar-refractivity contribution in [2.75, 3.05) is 0 Å². The van der Waals surface area contributed by atoms with Gasteiger partial charge in [-0.3, -0.25) is 9.59 Å². The van der Waals surface area contributed by atoms with Crippen LogP contribution in [0.3, 0.4) is 0 Å². The summed E-state index contributed by atoms with van der Waals surface area (Å²) in [6, 6.07) is 23.0. The summed E-state index contributed by atoms with van der Waals surface area (Å²) in [5.74, 6) is 1.21. The summed E-state index contributed by atoms with van der Waals surface area (Å²) >= 11 is 0. The van der Waals surface area contributed by atoms with E-state index in [1.807, 2.05) is 86.6 Å². The minimum Gasteiger partial charge on any atom is -0.456 e. The Bertz CT molecular complexity index is 1330. The molecule has 0 aliphatic heterocycles. The van der Waals surface area contributed by atoms with E-state index >= 15 is 0 Å². The van der Waals surface area contributed by atoms with Gasteiger partial charge in [0.1, 0.15) is 22.7 Å². The van der Waals surface area contributed by atoms with Crippen LogP contribution in [0.1, 0.15) is 60.2 Å². The third-order valence-corrected chi connectivity index (χ3v) is 6.09. The van der Waals surface area contributed by atoms with E-state index < -0.39 is 0 Å². The van der Waals surface area contributed by atoms with Crippen molar-refractivity contribution in [3.8, 4) is 22.6 Å². The highest BCUT2D eigenvalue weighted by molar-refractivity contribution is 6.09. The van der Waals surface area contributed by atoms with Crippen molar-refractivity contribution < 1.29 is 18.4 Å². The second kappa shape index (κ2) is 9.14. The van der Waals surface area contributed by atoms with Crippen molar-refractivity contribution in [3.63, 3.8) is 0 Å². The van der Waals surface area contributed by atoms with Gasteiger partial charge < -0.3 is 8.83 Å². The molecular formula is C30H26O4. The summed E-state index contributed by atoms with van der Waals surface area (Å²) in [7, 11) is 0. The Labute approximate surface area is 198 Å². The number of hydrogen-bond donors (Lipinski definition) is 0. The highest BCUT2D eigenvalue weighted by Crippen LogP contribution is 2.38. The van der Waals surface area contributed by atoms with Gasteiger partial charge in [-0.05, 0) is 49.2 Å². The minimum atomic E-state index is 0.0183. The van der Waals surface area contributed by atoms with Crippen LogP contribution in [0.5, 0.6) is 0 Å². The molecule has 34 heavy (non-hydrogen) atoms. The van der Waals surface area contributed by atoms with Crippen molar-refractivity contribution in [2.24, 2.45) is 0 Å². The predicted molar refractivity (Wildman–Crippen MR) is 135 cm³/mol. The zero-order chi connectivity index (χ0) is 23.7. The van der Waals surface area contributed by atoms with E-state index in [1.54, 1.807) is 0 Å². The molecule has 4 nitrogen and oxygen atoms in total. The monoisotopic (exact) mass is 450 g/mol. The van der Waals surface area contributed by atoms with Crippen LogP contribution in [0.25, 0.3) is 44.6 Å². The lowest BCUT2D eigenvalue weighted by Gasteiger charge is -2.13. The number of furan rings is 2. The molecule has 3 aromatic carbocycles. The topological polar surface area (TPSA) is 60.4 Å². The quantitative estimate of drug-likeness (QED) is 0.222. The number of Topliss-reactive ketones (excluding diaryl/α,β-unsaturated/α-hetero) is 2. The molecule has 2 aromatic heterocycles. The van der Waals surface area contributed by atoms with Gasteiger partial charge in [0.25, 0.3) is 0 Å². The maximum Gasteiger partial charge on any atom is 0.163 e. The number of carbonyl (C=O) groups is 2. The minimum absolute atomic E-state index is 0.0183. The molecule has 2 heterocycles. The number of fused-ring (bicyclic) bond motifs is 2. The molecule has 4 heteroatoms. The lowest BCUT2D eigenvalue weighted by atomic mass is 9.89. The van der Waals surface area contributed by atoms with E-state index in [4.69, 9.17) is 8.83 Å². The molecule has 0 fully saturated rings. The highest BCUT2D eigenvalue weighted by Gasteiger charge is 2.24. The second-order valence-corrected chi connectivity index (χ2v) is 8.59. The molecule has 170 valence electrons. The first-order valence-corrected chi connectivity index (χ1v) is 11.8. The van der Waals surface area contributed by atoms with Crippen molar-refractivity contribution in [1.29, 1.82) is 0 Å². The Morgan fingerprint density at radius 1 is 0.618 bits per heavy atom. The van der Waals surface area contributed by atoms with E-state index in [-0.39, 0.29) is 11.6 Å². The maximum atomic E-state index is 13.3. The average Bonchev–Trinajstić information content (AvgIpc) is 3.47. The summed E-state index contributed by atoms with van der Waals surface area (Å²) in [6.45, 7) is 3.97. The van der Waals surface area contributed by atoms with Crippen molar-refractivity contribution >= 4 is 33.5 Å². The Hall–Kier alpha value is -3.92. The van der Waals surface area contributed by atoms with Crippen LogP contribution in [-0.4, -0.2) is 11.6 Å². The van der Waals surface area contributed by atoms with Crippen molar-refractivity contribution in [1.82, 2.24) is 0 Å². The maximum absolute atomic E-state index is 13.3. The van der Waals surface area contributed by atoms with Gasteiger partial charge in [0.15, 0.2) is 11.6 Å². The molecule has 0 unspecified atom stereocenters. The second-order valence-electron chi connectivity index (χ2n) is 8.59. The van der Waals surface area contributed by atoms with Crippen LogP contribution in [-0.2, 0) is 0 Å². The number of benzene rings is 3. The SMILES string of the molecule is CCCC(=O)c1cc(-c2cc3ccccc3o2)c(C(=O)CCC)cc1-c1cc2ccccc2o1. The van der Waals surface area contributed by atoms with E-state index in [0.29, 0.717) is 46.6 Å². The zero-order valence-electron chi connectivity index (χ0n) is 19.4. The molecule has 0 atom stereocenters. The van der Waals surface area contributed by atoms with E-state index in [0.717, 1.165) is 34.8 Å². The highest BCUT2D eigenvalue weighted by atomic mass is 16.3. The molecule has 0 spiro atoms. The Kier molecular flexibility index (Phi) is 5.89. The number of para-hydroxylation sites is 2. The van der Waals surface area contributed by atoms with Crippen LogP contribution in [0.4, 0.5) is 0 Å². The number of hydrogen-bond acceptors (Lipinski definition) is 4. The van der Waals surface area contributed by atoms with Gasteiger partial charge in [-0.2, -0.15) is 0 Å². The molecule has 0 N–H and O–H groups in total. The van der Waals surface area contributed by atoms with Gasteiger partial charge in [0, 0.05) is 45.9 Å². The van der Waals surface area contributed by atoms with E-state index in [2.05, 4.69) is 0 Å². The first kappa shape index (κ1) is 21.9. The summed E-state index contributed by atoms with van der Waals surface area (Å²) in [5.41, 5.74) is 3.88. The first-order valence-electron chi connectivity index (χ1n) is 11.8. The van der Waals surface area contributed by atoms with Gasteiger partial charge in [-0.1, -0.05) is 50.2 Å². The van der Waals surface area contributed by atoms with Crippen LogP contribution in [0.15, 0.2) is 81.6 Å². The normalized spacial score (nSPS) is 11.4. The van der Waals surface area contributed by atoms with Crippen molar-refractivity contribution in [3.05, 3.63) is 83.9 Å². The largest absolute Gasteiger partial charge is 0.456 e.